The Hall–Kier alpha value is -2.60. The fraction of sp³-hybridized carbons (Fsp3) is 0.333. The molecule has 6 heteroatoms. The Morgan fingerprint density at radius 2 is 1.88 bits per heavy atom. The number of amides is 1. The zero-order chi connectivity index (χ0) is 17.0. The molecule has 0 bridgehead atoms. The summed E-state index contributed by atoms with van der Waals surface area (Å²) in [5.74, 6) is 1.54. The molecule has 0 aliphatic rings. The van der Waals surface area contributed by atoms with E-state index in [0.29, 0.717) is 32.7 Å². The standard InChI is InChI=1S/C18H23N3O3/c1-23-16-5-7-17(8-6-16)24-13-12-21-18(22)9-11-19-14-15-4-2-3-10-20-15/h2-8,10,19H,9,11-14H2,1H3,(H,21,22). The number of carbonyl (C=O) groups excluding carboxylic acids is 1. The third-order valence-electron chi connectivity index (χ3n) is 3.31. The van der Waals surface area contributed by atoms with Crippen LogP contribution in [0.4, 0.5) is 0 Å². The van der Waals surface area contributed by atoms with Crippen molar-refractivity contribution in [3.63, 3.8) is 0 Å². The van der Waals surface area contributed by atoms with Gasteiger partial charge in [0.2, 0.25) is 5.91 Å². The number of nitrogens with one attached hydrogen (secondary N) is 2. The smallest absolute Gasteiger partial charge is 0.221 e. The van der Waals surface area contributed by atoms with Gasteiger partial charge >= 0.3 is 0 Å². The molecule has 0 spiro atoms. The third-order valence-corrected chi connectivity index (χ3v) is 3.31. The van der Waals surface area contributed by atoms with Crippen LogP contribution in [0.2, 0.25) is 0 Å². The maximum Gasteiger partial charge on any atom is 0.221 e. The van der Waals surface area contributed by atoms with Crippen molar-refractivity contribution in [2.24, 2.45) is 0 Å². The molecule has 24 heavy (non-hydrogen) atoms. The molecule has 6 nitrogen and oxygen atoms in total. The lowest BCUT2D eigenvalue weighted by Gasteiger charge is -2.09. The quantitative estimate of drug-likeness (QED) is 0.650. The predicted octanol–water partition coefficient (Wildman–Crippen LogP) is 1.77. The Bertz CT molecular complexity index is 603. The minimum Gasteiger partial charge on any atom is -0.497 e. The van der Waals surface area contributed by atoms with E-state index in [9.17, 15) is 4.79 Å². The molecule has 0 radical (unpaired) electrons. The Morgan fingerprint density at radius 3 is 2.58 bits per heavy atom. The average Bonchev–Trinajstić information content (AvgIpc) is 2.64. The second-order valence-electron chi connectivity index (χ2n) is 5.12. The zero-order valence-corrected chi connectivity index (χ0v) is 13.8. The van der Waals surface area contributed by atoms with Gasteiger partial charge in [0.05, 0.1) is 19.3 Å². The van der Waals surface area contributed by atoms with E-state index in [1.165, 1.54) is 0 Å². The first-order chi connectivity index (χ1) is 11.8. The van der Waals surface area contributed by atoms with E-state index in [1.807, 2.05) is 42.5 Å². The largest absolute Gasteiger partial charge is 0.497 e. The van der Waals surface area contributed by atoms with Gasteiger partial charge in [-0.2, -0.15) is 0 Å². The number of hydrogen-bond donors (Lipinski definition) is 2. The molecule has 1 aromatic carbocycles. The molecule has 0 saturated heterocycles. The van der Waals surface area contributed by atoms with Gasteiger partial charge in [-0.3, -0.25) is 9.78 Å². The molecule has 0 aliphatic carbocycles. The van der Waals surface area contributed by atoms with Gasteiger partial charge in [0.1, 0.15) is 18.1 Å². The first kappa shape index (κ1) is 17.7. The minimum atomic E-state index is 0.00171. The van der Waals surface area contributed by atoms with Crippen LogP contribution in [0, 0.1) is 0 Å². The van der Waals surface area contributed by atoms with Crippen LogP contribution in [-0.2, 0) is 11.3 Å². The molecule has 2 rings (SSSR count). The van der Waals surface area contributed by atoms with Crippen molar-refractivity contribution >= 4 is 5.91 Å². The third kappa shape index (κ3) is 6.66. The molecular formula is C18H23N3O3. The van der Waals surface area contributed by atoms with E-state index in [1.54, 1.807) is 13.3 Å². The second-order valence-corrected chi connectivity index (χ2v) is 5.12. The van der Waals surface area contributed by atoms with Gasteiger partial charge in [-0.25, -0.2) is 0 Å². The molecule has 1 aromatic heterocycles. The van der Waals surface area contributed by atoms with Crippen LogP contribution < -0.4 is 20.1 Å². The predicted molar refractivity (Wildman–Crippen MR) is 92.1 cm³/mol. The van der Waals surface area contributed by atoms with Gasteiger partial charge in [-0.1, -0.05) is 6.07 Å². The maximum absolute atomic E-state index is 11.7. The van der Waals surface area contributed by atoms with Crippen molar-refractivity contribution in [1.29, 1.82) is 0 Å². The van der Waals surface area contributed by atoms with Crippen molar-refractivity contribution in [3.8, 4) is 11.5 Å². The van der Waals surface area contributed by atoms with Gasteiger partial charge in [-0.15, -0.1) is 0 Å². The van der Waals surface area contributed by atoms with Crippen molar-refractivity contribution in [3.05, 3.63) is 54.4 Å². The van der Waals surface area contributed by atoms with Crippen molar-refractivity contribution in [2.45, 2.75) is 13.0 Å². The molecule has 0 atom stereocenters. The molecule has 1 amide bonds. The number of benzene rings is 1. The van der Waals surface area contributed by atoms with Crippen LogP contribution in [0.15, 0.2) is 48.7 Å². The summed E-state index contributed by atoms with van der Waals surface area (Å²) in [6.45, 7) is 2.18. The molecule has 2 aromatic rings. The first-order valence-corrected chi connectivity index (χ1v) is 7.92. The summed E-state index contributed by atoms with van der Waals surface area (Å²) in [4.78, 5) is 15.9. The highest BCUT2D eigenvalue weighted by Gasteiger charge is 2.01. The summed E-state index contributed by atoms with van der Waals surface area (Å²) in [5, 5.41) is 6.02. The van der Waals surface area contributed by atoms with E-state index >= 15 is 0 Å². The summed E-state index contributed by atoms with van der Waals surface area (Å²) in [6.07, 6.45) is 2.18. The number of ether oxygens (including phenoxy) is 2. The van der Waals surface area contributed by atoms with Crippen molar-refractivity contribution < 1.29 is 14.3 Å². The number of aromatic nitrogens is 1. The number of hydrogen-bond acceptors (Lipinski definition) is 5. The summed E-state index contributed by atoms with van der Waals surface area (Å²) in [5.41, 5.74) is 0.964. The Balaban J connectivity index is 1.51. The molecule has 0 unspecified atom stereocenters. The zero-order valence-electron chi connectivity index (χ0n) is 13.8. The Morgan fingerprint density at radius 1 is 1.08 bits per heavy atom. The van der Waals surface area contributed by atoms with Crippen molar-refractivity contribution in [1.82, 2.24) is 15.6 Å². The highest BCUT2D eigenvalue weighted by molar-refractivity contribution is 5.76. The molecular weight excluding hydrogens is 306 g/mol. The molecule has 0 fully saturated rings. The number of methoxy groups -OCH3 is 1. The molecule has 128 valence electrons. The molecule has 2 N–H and O–H groups in total. The second kappa shape index (κ2) is 10.2. The summed E-state index contributed by atoms with van der Waals surface area (Å²) in [7, 11) is 1.62. The lowest BCUT2D eigenvalue weighted by atomic mass is 10.3. The summed E-state index contributed by atoms with van der Waals surface area (Å²) >= 11 is 0. The van der Waals surface area contributed by atoms with Gasteiger partial charge in [-0.05, 0) is 36.4 Å². The fourth-order valence-corrected chi connectivity index (χ4v) is 2.04. The monoisotopic (exact) mass is 329 g/mol. The van der Waals surface area contributed by atoms with E-state index in [-0.39, 0.29) is 5.91 Å². The normalized spacial score (nSPS) is 10.2. The summed E-state index contributed by atoms with van der Waals surface area (Å²) < 4.78 is 10.6. The topological polar surface area (TPSA) is 72.5 Å². The number of carbonyl (C=O) groups is 1. The number of nitrogens with zero attached hydrogens (tertiary/aromatic N) is 1. The van der Waals surface area contributed by atoms with Gasteiger partial charge in [0.15, 0.2) is 0 Å². The minimum absolute atomic E-state index is 0.00171. The van der Waals surface area contributed by atoms with Crippen LogP contribution in [0.5, 0.6) is 11.5 Å². The van der Waals surface area contributed by atoms with Gasteiger partial charge in [0.25, 0.3) is 0 Å². The lowest BCUT2D eigenvalue weighted by Crippen LogP contribution is -2.30. The average molecular weight is 329 g/mol. The highest BCUT2D eigenvalue weighted by Crippen LogP contribution is 2.16. The van der Waals surface area contributed by atoms with Crippen LogP contribution in [0.3, 0.4) is 0 Å². The first-order valence-electron chi connectivity index (χ1n) is 7.92. The van der Waals surface area contributed by atoms with Crippen LogP contribution in [-0.4, -0.2) is 37.7 Å². The Labute approximate surface area is 142 Å². The van der Waals surface area contributed by atoms with E-state index in [0.717, 1.165) is 17.2 Å². The Kier molecular flexibility index (Phi) is 7.56. The van der Waals surface area contributed by atoms with Crippen LogP contribution >= 0.6 is 0 Å². The van der Waals surface area contributed by atoms with Crippen LogP contribution in [0.25, 0.3) is 0 Å². The van der Waals surface area contributed by atoms with E-state index in [4.69, 9.17) is 9.47 Å². The molecule has 0 saturated carbocycles. The maximum atomic E-state index is 11.7. The molecule has 0 aliphatic heterocycles. The van der Waals surface area contributed by atoms with E-state index < -0.39 is 0 Å². The summed E-state index contributed by atoms with van der Waals surface area (Å²) in [6, 6.07) is 13.1. The van der Waals surface area contributed by atoms with Gasteiger partial charge < -0.3 is 20.1 Å². The van der Waals surface area contributed by atoms with E-state index in [2.05, 4.69) is 15.6 Å². The van der Waals surface area contributed by atoms with Crippen LogP contribution in [0.1, 0.15) is 12.1 Å². The SMILES string of the molecule is COc1ccc(OCCNC(=O)CCNCc2ccccn2)cc1. The highest BCUT2D eigenvalue weighted by atomic mass is 16.5. The number of pyridine rings is 1. The van der Waals surface area contributed by atoms with Crippen molar-refractivity contribution in [2.75, 3.05) is 26.8 Å². The lowest BCUT2D eigenvalue weighted by molar-refractivity contribution is -0.121. The molecule has 1 heterocycles. The van der Waals surface area contributed by atoms with Gasteiger partial charge in [0, 0.05) is 25.7 Å². The fourth-order valence-electron chi connectivity index (χ4n) is 2.04. The number of rotatable bonds is 10.